The summed E-state index contributed by atoms with van der Waals surface area (Å²) in [5, 5.41) is 0. The maximum Gasteiger partial charge on any atom is 0.220 e. The SMILES string of the molecule is NC(=O)C[C@H](OCc1ccccc1)C1CCCC1. The Hall–Kier alpha value is -1.35. The van der Waals surface area contributed by atoms with E-state index in [1.165, 1.54) is 12.8 Å². The molecule has 0 bridgehead atoms. The van der Waals surface area contributed by atoms with Crippen molar-refractivity contribution in [3.63, 3.8) is 0 Å². The summed E-state index contributed by atoms with van der Waals surface area (Å²) >= 11 is 0. The highest BCUT2D eigenvalue weighted by atomic mass is 16.5. The molecule has 1 atom stereocenters. The van der Waals surface area contributed by atoms with E-state index in [4.69, 9.17) is 10.5 Å². The summed E-state index contributed by atoms with van der Waals surface area (Å²) in [6.45, 7) is 0.565. The Bertz CT molecular complexity index is 371. The molecule has 18 heavy (non-hydrogen) atoms. The van der Waals surface area contributed by atoms with Crippen molar-refractivity contribution in [1.82, 2.24) is 0 Å². The fourth-order valence-electron chi connectivity index (χ4n) is 2.67. The van der Waals surface area contributed by atoms with Gasteiger partial charge in [0.2, 0.25) is 5.91 Å². The molecule has 1 amide bonds. The van der Waals surface area contributed by atoms with Crippen LogP contribution in [0.3, 0.4) is 0 Å². The number of rotatable bonds is 6. The quantitative estimate of drug-likeness (QED) is 0.840. The van der Waals surface area contributed by atoms with Gasteiger partial charge in [-0.25, -0.2) is 0 Å². The van der Waals surface area contributed by atoms with Gasteiger partial charge < -0.3 is 10.5 Å². The summed E-state index contributed by atoms with van der Waals surface area (Å²) in [5.41, 5.74) is 6.45. The molecular formula is C15H21NO2. The second kappa shape index (κ2) is 6.55. The largest absolute Gasteiger partial charge is 0.373 e. The summed E-state index contributed by atoms with van der Waals surface area (Å²) < 4.78 is 5.92. The number of benzene rings is 1. The Balaban J connectivity index is 1.90. The van der Waals surface area contributed by atoms with Crippen molar-refractivity contribution in [3.05, 3.63) is 35.9 Å². The van der Waals surface area contributed by atoms with Crippen molar-refractivity contribution in [2.24, 2.45) is 11.7 Å². The molecule has 1 fully saturated rings. The molecule has 0 radical (unpaired) electrons. The van der Waals surface area contributed by atoms with Gasteiger partial charge in [0.15, 0.2) is 0 Å². The predicted octanol–water partition coefficient (Wildman–Crippen LogP) is 2.64. The van der Waals surface area contributed by atoms with E-state index in [0.717, 1.165) is 18.4 Å². The van der Waals surface area contributed by atoms with Gasteiger partial charge in [0.1, 0.15) is 0 Å². The Morgan fingerprint density at radius 3 is 2.56 bits per heavy atom. The molecule has 1 aromatic rings. The first-order valence-corrected chi connectivity index (χ1v) is 6.69. The molecule has 3 nitrogen and oxygen atoms in total. The molecule has 0 unspecified atom stereocenters. The second-order valence-corrected chi connectivity index (χ2v) is 5.05. The maximum absolute atomic E-state index is 11.1. The van der Waals surface area contributed by atoms with Crippen LogP contribution >= 0.6 is 0 Å². The Morgan fingerprint density at radius 2 is 1.94 bits per heavy atom. The molecule has 0 aromatic heterocycles. The van der Waals surface area contributed by atoms with Gasteiger partial charge >= 0.3 is 0 Å². The molecule has 0 aliphatic heterocycles. The molecule has 98 valence electrons. The maximum atomic E-state index is 11.1. The zero-order valence-corrected chi connectivity index (χ0v) is 10.7. The molecule has 1 saturated carbocycles. The first-order valence-electron chi connectivity index (χ1n) is 6.69. The van der Waals surface area contributed by atoms with Crippen molar-refractivity contribution in [1.29, 1.82) is 0 Å². The van der Waals surface area contributed by atoms with Crippen molar-refractivity contribution < 1.29 is 9.53 Å². The van der Waals surface area contributed by atoms with E-state index in [-0.39, 0.29) is 12.0 Å². The molecule has 1 aliphatic rings. The molecule has 1 aliphatic carbocycles. The van der Waals surface area contributed by atoms with Crippen LogP contribution in [0.4, 0.5) is 0 Å². The van der Waals surface area contributed by atoms with Crippen molar-refractivity contribution in [3.8, 4) is 0 Å². The van der Waals surface area contributed by atoms with Crippen LogP contribution in [0.15, 0.2) is 30.3 Å². The molecular weight excluding hydrogens is 226 g/mol. The van der Waals surface area contributed by atoms with E-state index in [2.05, 4.69) is 0 Å². The number of amides is 1. The van der Waals surface area contributed by atoms with Crippen LogP contribution in [0.25, 0.3) is 0 Å². The smallest absolute Gasteiger partial charge is 0.220 e. The van der Waals surface area contributed by atoms with Gasteiger partial charge in [-0.15, -0.1) is 0 Å². The summed E-state index contributed by atoms with van der Waals surface area (Å²) in [6.07, 6.45) is 5.14. The van der Waals surface area contributed by atoms with E-state index in [9.17, 15) is 4.79 Å². The van der Waals surface area contributed by atoms with Gasteiger partial charge in [-0.1, -0.05) is 43.2 Å². The number of primary amides is 1. The van der Waals surface area contributed by atoms with Gasteiger partial charge in [-0.3, -0.25) is 4.79 Å². The molecule has 0 saturated heterocycles. The lowest BCUT2D eigenvalue weighted by atomic mass is 9.98. The number of hydrogen-bond acceptors (Lipinski definition) is 2. The number of nitrogens with two attached hydrogens (primary N) is 1. The molecule has 2 rings (SSSR count). The monoisotopic (exact) mass is 247 g/mol. The average molecular weight is 247 g/mol. The van der Waals surface area contributed by atoms with E-state index in [0.29, 0.717) is 18.9 Å². The molecule has 2 N–H and O–H groups in total. The highest BCUT2D eigenvalue weighted by molar-refractivity contribution is 5.74. The second-order valence-electron chi connectivity index (χ2n) is 5.05. The molecule has 0 heterocycles. The first kappa shape index (κ1) is 13.1. The Kier molecular flexibility index (Phi) is 4.76. The fraction of sp³-hybridized carbons (Fsp3) is 0.533. The van der Waals surface area contributed by atoms with E-state index in [1.807, 2.05) is 30.3 Å². The van der Waals surface area contributed by atoms with Crippen molar-refractivity contribution >= 4 is 5.91 Å². The van der Waals surface area contributed by atoms with Crippen LogP contribution in [0, 0.1) is 5.92 Å². The van der Waals surface area contributed by atoms with Crippen LogP contribution in [0.1, 0.15) is 37.7 Å². The third kappa shape index (κ3) is 3.84. The van der Waals surface area contributed by atoms with Crippen LogP contribution in [0.2, 0.25) is 0 Å². The summed E-state index contributed by atoms with van der Waals surface area (Å²) in [5.74, 6) is 0.237. The Labute approximate surface area is 108 Å². The van der Waals surface area contributed by atoms with Gasteiger partial charge in [-0.05, 0) is 24.3 Å². The summed E-state index contributed by atoms with van der Waals surface area (Å²) in [4.78, 5) is 11.1. The minimum Gasteiger partial charge on any atom is -0.373 e. The van der Waals surface area contributed by atoms with Crippen molar-refractivity contribution in [2.45, 2.75) is 44.8 Å². The topological polar surface area (TPSA) is 52.3 Å². The summed E-state index contributed by atoms with van der Waals surface area (Å²) in [7, 11) is 0. The first-order chi connectivity index (χ1) is 8.75. The minimum atomic E-state index is -0.264. The van der Waals surface area contributed by atoms with E-state index in [1.54, 1.807) is 0 Å². The van der Waals surface area contributed by atoms with Crippen LogP contribution in [-0.2, 0) is 16.1 Å². The lowest BCUT2D eigenvalue weighted by Crippen LogP contribution is -2.28. The van der Waals surface area contributed by atoms with Crippen LogP contribution < -0.4 is 5.73 Å². The number of hydrogen-bond donors (Lipinski definition) is 1. The van der Waals surface area contributed by atoms with Crippen molar-refractivity contribution in [2.75, 3.05) is 0 Å². The normalized spacial score (nSPS) is 17.8. The Morgan fingerprint density at radius 1 is 1.28 bits per heavy atom. The zero-order chi connectivity index (χ0) is 12.8. The predicted molar refractivity (Wildman–Crippen MR) is 70.8 cm³/mol. The van der Waals surface area contributed by atoms with E-state index < -0.39 is 0 Å². The number of carbonyl (C=O) groups is 1. The highest BCUT2D eigenvalue weighted by Gasteiger charge is 2.27. The van der Waals surface area contributed by atoms with Gasteiger partial charge in [0, 0.05) is 0 Å². The molecule has 1 aromatic carbocycles. The van der Waals surface area contributed by atoms with Gasteiger partial charge in [0.05, 0.1) is 19.1 Å². The lowest BCUT2D eigenvalue weighted by molar-refractivity contribution is -0.122. The third-order valence-corrected chi connectivity index (χ3v) is 3.63. The average Bonchev–Trinajstić information content (AvgIpc) is 2.89. The van der Waals surface area contributed by atoms with E-state index >= 15 is 0 Å². The molecule has 0 spiro atoms. The van der Waals surface area contributed by atoms with Gasteiger partial charge in [0.25, 0.3) is 0 Å². The third-order valence-electron chi connectivity index (χ3n) is 3.63. The highest BCUT2D eigenvalue weighted by Crippen LogP contribution is 2.31. The molecule has 3 heteroatoms. The van der Waals surface area contributed by atoms with Gasteiger partial charge in [-0.2, -0.15) is 0 Å². The minimum absolute atomic E-state index is 0.00907. The zero-order valence-electron chi connectivity index (χ0n) is 10.7. The summed E-state index contributed by atoms with van der Waals surface area (Å²) in [6, 6.07) is 10.1. The van der Waals surface area contributed by atoms with Crippen LogP contribution in [0.5, 0.6) is 0 Å². The number of ether oxygens (including phenoxy) is 1. The lowest BCUT2D eigenvalue weighted by Gasteiger charge is -2.22. The fourth-order valence-corrected chi connectivity index (χ4v) is 2.67. The number of carbonyl (C=O) groups excluding carboxylic acids is 1. The standard InChI is InChI=1S/C15H21NO2/c16-15(17)10-14(13-8-4-5-9-13)18-11-12-6-2-1-3-7-12/h1-3,6-7,13-14H,4-5,8-11H2,(H2,16,17)/t14-/m0/s1. The van der Waals surface area contributed by atoms with Crippen LogP contribution in [-0.4, -0.2) is 12.0 Å².